The van der Waals surface area contributed by atoms with E-state index in [1.165, 1.54) is 0 Å². The topological polar surface area (TPSA) is 41.6 Å². The molecule has 1 rings (SSSR count). The third-order valence-electron chi connectivity index (χ3n) is 3.13. The molecule has 0 spiro atoms. The van der Waals surface area contributed by atoms with Crippen molar-refractivity contribution in [3.05, 3.63) is 0 Å². The molecule has 18 heavy (non-hydrogen) atoms. The van der Waals surface area contributed by atoms with E-state index in [2.05, 4.69) is 12.2 Å². The summed E-state index contributed by atoms with van der Waals surface area (Å²) in [5, 5.41) is 3.23. The number of nitrogens with one attached hydrogen (secondary N) is 1. The molecular formula is C14H28N2O2. The van der Waals surface area contributed by atoms with Crippen molar-refractivity contribution in [2.75, 3.05) is 26.2 Å². The minimum absolute atomic E-state index is 0.0228. The normalized spacial score (nSPS) is 23.8. The first-order chi connectivity index (χ1) is 8.17. The second kappa shape index (κ2) is 5.57. The van der Waals surface area contributed by atoms with E-state index in [4.69, 9.17) is 4.74 Å². The summed E-state index contributed by atoms with van der Waals surface area (Å²) < 4.78 is 5.99. The minimum atomic E-state index is -0.269. The van der Waals surface area contributed by atoms with Crippen LogP contribution in [0.3, 0.4) is 0 Å². The van der Waals surface area contributed by atoms with Gasteiger partial charge in [0.2, 0.25) is 5.91 Å². The van der Waals surface area contributed by atoms with Gasteiger partial charge in [-0.3, -0.25) is 4.79 Å². The van der Waals surface area contributed by atoms with Crippen molar-refractivity contribution >= 4 is 5.91 Å². The third kappa shape index (κ3) is 4.25. The number of morpholine rings is 1. The van der Waals surface area contributed by atoms with Crippen LogP contribution in [0.1, 0.15) is 41.5 Å². The summed E-state index contributed by atoms with van der Waals surface area (Å²) >= 11 is 0. The highest BCUT2D eigenvalue weighted by Gasteiger charge is 2.40. The maximum atomic E-state index is 12.4. The van der Waals surface area contributed by atoms with Crippen LogP contribution in [0.15, 0.2) is 0 Å². The van der Waals surface area contributed by atoms with Crippen molar-refractivity contribution in [2.24, 2.45) is 5.92 Å². The molecule has 0 aromatic carbocycles. The van der Waals surface area contributed by atoms with Gasteiger partial charge in [0, 0.05) is 25.6 Å². The molecule has 1 atom stereocenters. The van der Waals surface area contributed by atoms with Crippen LogP contribution in [0.4, 0.5) is 0 Å². The molecule has 4 nitrogen and oxygen atoms in total. The molecule has 0 radical (unpaired) electrons. The molecule has 1 heterocycles. The molecule has 0 saturated carbocycles. The Labute approximate surface area is 111 Å². The Morgan fingerprint density at radius 1 is 1.28 bits per heavy atom. The highest BCUT2D eigenvalue weighted by molar-refractivity contribution is 5.79. The molecule has 1 unspecified atom stereocenters. The van der Waals surface area contributed by atoms with Crippen LogP contribution in [-0.2, 0) is 9.53 Å². The smallest absolute Gasteiger partial charge is 0.226 e. The van der Waals surface area contributed by atoms with Crippen molar-refractivity contribution in [1.29, 1.82) is 0 Å². The lowest BCUT2D eigenvalue weighted by atomic mass is 9.97. The Bertz CT molecular complexity index is 284. The summed E-state index contributed by atoms with van der Waals surface area (Å²) in [6.07, 6.45) is 0. The van der Waals surface area contributed by atoms with Gasteiger partial charge in [0.1, 0.15) is 0 Å². The Morgan fingerprint density at radius 2 is 1.78 bits per heavy atom. The quantitative estimate of drug-likeness (QED) is 0.831. The molecule has 1 aliphatic rings. The molecular weight excluding hydrogens is 228 g/mol. The number of hydrogen-bond acceptors (Lipinski definition) is 3. The van der Waals surface area contributed by atoms with Crippen molar-refractivity contribution in [3.8, 4) is 0 Å². The van der Waals surface area contributed by atoms with Crippen molar-refractivity contribution in [3.63, 3.8) is 0 Å². The van der Waals surface area contributed by atoms with Gasteiger partial charge in [-0.05, 0) is 34.2 Å². The number of nitrogens with zero attached hydrogens (tertiary/aromatic N) is 1. The number of ether oxygens (including phenoxy) is 1. The molecule has 0 aromatic rings. The van der Waals surface area contributed by atoms with Gasteiger partial charge >= 0.3 is 0 Å². The average Bonchev–Trinajstić information content (AvgIpc) is 2.20. The van der Waals surface area contributed by atoms with Crippen molar-refractivity contribution in [1.82, 2.24) is 10.2 Å². The lowest BCUT2D eigenvalue weighted by Crippen LogP contribution is -2.59. The minimum Gasteiger partial charge on any atom is -0.366 e. The lowest BCUT2D eigenvalue weighted by Gasteiger charge is -2.47. The zero-order valence-corrected chi connectivity index (χ0v) is 12.7. The van der Waals surface area contributed by atoms with Gasteiger partial charge in [-0.1, -0.05) is 13.8 Å². The molecule has 0 aromatic heterocycles. The summed E-state index contributed by atoms with van der Waals surface area (Å²) in [5.74, 6) is 0.245. The Hall–Kier alpha value is -0.610. The highest BCUT2D eigenvalue weighted by atomic mass is 16.5. The van der Waals surface area contributed by atoms with Crippen molar-refractivity contribution in [2.45, 2.75) is 52.7 Å². The fourth-order valence-corrected chi connectivity index (χ4v) is 2.70. The van der Waals surface area contributed by atoms with Gasteiger partial charge in [0.25, 0.3) is 0 Å². The summed E-state index contributed by atoms with van der Waals surface area (Å²) in [6.45, 7) is 15.2. The summed E-state index contributed by atoms with van der Waals surface area (Å²) in [7, 11) is 0. The van der Waals surface area contributed by atoms with Crippen molar-refractivity contribution < 1.29 is 9.53 Å². The monoisotopic (exact) mass is 256 g/mol. The molecule has 1 fully saturated rings. The van der Waals surface area contributed by atoms with E-state index < -0.39 is 0 Å². The molecule has 1 aliphatic heterocycles. The van der Waals surface area contributed by atoms with E-state index in [0.29, 0.717) is 13.1 Å². The Balaban J connectivity index is 2.67. The van der Waals surface area contributed by atoms with Crippen LogP contribution in [-0.4, -0.2) is 48.2 Å². The van der Waals surface area contributed by atoms with Gasteiger partial charge in [-0.2, -0.15) is 0 Å². The zero-order chi connectivity index (χ0) is 14.0. The van der Waals surface area contributed by atoms with Crippen LogP contribution >= 0.6 is 0 Å². The maximum Gasteiger partial charge on any atom is 0.226 e. The van der Waals surface area contributed by atoms with Crippen LogP contribution in [0.5, 0.6) is 0 Å². The second-order valence-electron chi connectivity index (χ2n) is 6.52. The number of carbonyl (C=O) groups excluding carboxylic acids is 1. The SMILES string of the molecule is CCNCC(C)C(=O)N1CC(C)(C)OC(C)(C)C1. The van der Waals surface area contributed by atoms with Gasteiger partial charge in [0.15, 0.2) is 0 Å². The standard InChI is InChI=1S/C14H28N2O2/c1-7-15-8-11(2)12(17)16-9-13(3,4)18-14(5,6)10-16/h11,15H,7-10H2,1-6H3. The first-order valence-corrected chi connectivity index (χ1v) is 6.86. The lowest BCUT2D eigenvalue weighted by molar-refractivity contribution is -0.189. The summed E-state index contributed by atoms with van der Waals surface area (Å²) in [4.78, 5) is 14.4. The van der Waals surface area contributed by atoms with E-state index in [9.17, 15) is 4.79 Å². The number of rotatable bonds is 4. The van der Waals surface area contributed by atoms with Crippen LogP contribution in [0, 0.1) is 5.92 Å². The number of hydrogen-bond donors (Lipinski definition) is 1. The number of carbonyl (C=O) groups is 1. The predicted molar refractivity (Wildman–Crippen MR) is 73.5 cm³/mol. The highest BCUT2D eigenvalue weighted by Crippen LogP contribution is 2.28. The van der Waals surface area contributed by atoms with E-state index in [0.717, 1.165) is 13.1 Å². The maximum absolute atomic E-state index is 12.4. The fourth-order valence-electron chi connectivity index (χ4n) is 2.70. The summed E-state index contributed by atoms with van der Waals surface area (Å²) in [6, 6.07) is 0. The van der Waals surface area contributed by atoms with E-state index in [1.807, 2.05) is 39.5 Å². The molecule has 0 bridgehead atoms. The van der Waals surface area contributed by atoms with E-state index >= 15 is 0 Å². The molecule has 1 amide bonds. The van der Waals surface area contributed by atoms with E-state index in [1.54, 1.807) is 0 Å². The van der Waals surface area contributed by atoms with Gasteiger partial charge in [-0.15, -0.1) is 0 Å². The Morgan fingerprint density at radius 3 is 2.22 bits per heavy atom. The third-order valence-corrected chi connectivity index (χ3v) is 3.13. The van der Waals surface area contributed by atoms with Crippen LogP contribution in [0.2, 0.25) is 0 Å². The average molecular weight is 256 g/mol. The van der Waals surface area contributed by atoms with E-state index in [-0.39, 0.29) is 23.0 Å². The molecule has 4 heteroatoms. The van der Waals surface area contributed by atoms with Gasteiger partial charge in [0.05, 0.1) is 11.2 Å². The first kappa shape index (κ1) is 15.4. The number of amides is 1. The summed E-state index contributed by atoms with van der Waals surface area (Å²) in [5.41, 5.74) is -0.537. The van der Waals surface area contributed by atoms with Gasteiger partial charge < -0.3 is 15.0 Å². The molecule has 106 valence electrons. The van der Waals surface area contributed by atoms with Crippen LogP contribution < -0.4 is 5.32 Å². The largest absolute Gasteiger partial charge is 0.366 e. The zero-order valence-electron chi connectivity index (χ0n) is 12.7. The fraction of sp³-hybridized carbons (Fsp3) is 0.929. The Kier molecular flexibility index (Phi) is 4.78. The van der Waals surface area contributed by atoms with Gasteiger partial charge in [-0.25, -0.2) is 0 Å². The predicted octanol–water partition coefficient (Wildman–Crippen LogP) is 1.65. The molecule has 0 aliphatic carbocycles. The molecule has 1 saturated heterocycles. The first-order valence-electron chi connectivity index (χ1n) is 6.86. The van der Waals surface area contributed by atoms with Crippen LogP contribution in [0.25, 0.3) is 0 Å². The second-order valence-corrected chi connectivity index (χ2v) is 6.52. The molecule has 1 N–H and O–H groups in total.